The van der Waals surface area contributed by atoms with Crippen molar-refractivity contribution in [2.45, 2.75) is 17.7 Å². The molecular weight excluding hydrogens is 342 g/mol. The van der Waals surface area contributed by atoms with E-state index >= 15 is 0 Å². The molecule has 0 atom stereocenters. The van der Waals surface area contributed by atoms with Crippen molar-refractivity contribution in [3.63, 3.8) is 0 Å². The van der Waals surface area contributed by atoms with Gasteiger partial charge in [-0.25, -0.2) is 8.42 Å². The summed E-state index contributed by atoms with van der Waals surface area (Å²) in [5, 5.41) is 3.24. The van der Waals surface area contributed by atoms with Crippen LogP contribution in [0.1, 0.15) is 12.8 Å². The molecule has 0 saturated carbocycles. The van der Waals surface area contributed by atoms with Crippen LogP contribution in [0.5, 0.6) is 5.75 Å². The van der Waals surface area contributed by atoms with Gasteiger partial charge in [0.25, 0.3) is 0 Å². The van der Waals surface area contributed by atoms with E-state index in [1.54, 1.807) is 31.4 Å². The van der Waals surface area contributed by atoms with E-state index in [9.17, 15) is 13.2 Å². The van der Waals surface area contributed by atoms with Gasteiger partial charge in [0, 0.05) is 45.2 Å². The zero-order valence-electron chi connectivity index (χ0n) is 14.5. The molecule has 3 rings (SSSR count). The van der Waals surface area contributed by atoms with Gasteiger partial charge in [0.05, 0.1) is 12.0 Å². The Bertz CT molecular complexity index is 691. The SMILES string of the molecule is COc1ccc(S(=O)(=O)N2CCC(C(=O)N3CCNCC3)CC2)cc1. The van der Waals surface area contributed by atoms with E-state index in [0.29, 0.717) is 31.7 Å². The minimum absolute atomic E-state index is 0.0691. The first-order valence-electron chi connectivity index (χ1n) is 8.66. The summed E-state index contributed by atoms with van der Waals surface area (Å²) in [6.45, 7) is 3.91. The van der Waals surface area contributed by atoms with Crippen LogP contribution in [0, 0.1) is 5.92 Å². The molecule has 0 unspecified atom stereocenters. The summed E-state index contributed by atoms with van der Waals surface area (Å²) in [6.07, 6.45) is 1.16. The van der Waals surface area contributed by atoms with Crippen LogP contribution in [0.25, 0.3) is 0 Å². The van der Waals surface area contributed by atoms with Crippen molar-refractivity contribution in [2.75, 3.05) is 46.4 Å². The average molecular weight is 367 g/mol. The van der Waals surface area contributed by atoms with Crippen LogP contribution < -0.4 is 10.1 Å². The molecule has 0 aromatic heterocycles. The minimum Gasteiger partial charge on any atom is -0.497 e. The van der Waals surface area contributed by atoms with E-state index in [1.807, 2.05) is 4.90 Å². The number of nitrogens with zero attached hydrogens (tertiary/aromatic N) is 2. The predicted molar refractivity (Wildman–Crippen MR) is 93.9 cm³/mol. The first kappa shape index (κ1) is 18.2. The molecule has 138 valence electrons. The van der Waals surface area contributed by atoms with Crippen LogP contribution in [0.3, 0.4) is 0 Å². The number of hydrogen-bond donors (Lipinski definition) is 1. The van der Waals surface area contributed by atoms with Gasteiger partial charge in [0.15, 0.2) is 0 Å². The van der Waals surface area contributed by atoms with Gasteiger partial charge in [0.1, 0.15) is 5.75 Å². The fraction of sp³-hybridized carbons (Fsp3) is 0.588. The fourth-order valence-electron chi connectivity index (χ4n) is 3.38. The third kappa shape index (κ3) is 3.96. The van der Waals surface area contributed by atoms with E-state index in [4.69, 9.17) is 4.74 Å². The van der Waals surface area contributed by atoms with Crippen LogP contribution in [-0.4, -0.2) is 69.9 Å². The number of piperazine rings is 1. The molecule has 0 bridgehead atoms. The van der Waals surface area contributed by atoms with Crippen molar-refractivity contribution in [3.8, 4) is 5.75 Å². The molecule has 2 aliphatic rings. The Morgan fingerprint density at radius 1 is 1.08 bits per heavy atom. The van der Waals surface area contributed by atoms with Crippen LogP contribution in [0.2, 0.25) is 0 Å². The molecule has 8 heteroatoms. The maximum absolute atomic E-state index is 12.7. The lowest BCUT2D eigenvalue weighted by molar-refractivity contribution is -0.137. The average Bonchev–Trinajstić information content (AvgIpc) is 2.68. The van der Waals surface area contributed by atoms with E-state index in [0.717, 1.165) is 26.2 Å². The van der Waals surface area contributed by atoms with E-state index in [2.05, 4.69) is 5.32 Å². The van der Waals surface area contributed by atoms with Crippen LogP contribution in [0.4, 0.5) is 0 Å². The van der Waals surface area contributed by atoms with E-state index < -0.39 is 10.0 Å². The molecule has 1 aromatic carbocycles. The molecule has 7 nitrogen and oxygen atoms in total. The highest BCUT2D eigenvalue weighted by Crippen LogP contribution is 2.26. The molecule has 2 heterocycles. The molecule has 0 radical (unpaired) electrons. The molecule has 1 N–H and O–H groups in total. The van der Waals surface area contributed by atoms with Crippen molar-refractivity contribution in [1.82, 2.24) is 14.5 Å². The number of amides is 1. The topological polar surface area (TPSA) is 79.0 Å². The smallest absolute Gasteiger partial charge is 0.243 e. The predicted octanol–water partition coefficient (Wildman–Crippen LogP) is 0.528. The molecule has 0 aliphatic carbocycles. The second-order valence-corrected chi connectivity index (χ2v) is 8.37. The minimum atomic E-state index is -3.52. The second-order valence-electron chi connectivity index (χ2n) is 6.43. The number of nitrogens with one attached hydrogen (secondary N) is 1. The summed E-state index contributed by atoms with van der Waals surface area (Å²) >= 11 is 0. The number of carbonyl (C=O) groups is 1. The van der Waals surface area contributed by atoms with Gasteiger partial charge >= 0.3 is 0 Å². The summed E-state index contributed by atoms with van der Waals surface area (Å²) in [6, 6.07) is 6.42. The Balaban J connectivity index is 1.61. The standard InChI is InChI=1S/C17H25N3O4S/c1-24-15-2-4-16(5-3-15)25(22,23)20-10-6-14(7-11-20)17(21)19-12-8-18-9-13-19/h2-5,14,18H,6-13H2,1H3. The lowest BCUT2D eigenvalue weighted by Crippen LogP contribution is -2.50. The Kier molecular flexibility index (Phi) is 5.61. The molecule has 1 aromatic rings. The van der Waals surface area contributed by atoms with Gasteiger partial charge in [-0.2, -0.15) is 4.31 Å². The Hall–Kier alpha value is -1.64. The lowest BCUT2D eigenvalue weighted by Gasteiger charge is -2.35. The number of rotatable bonds is 4. The fourth-order valence-corrected chi connectivity index (χ4v) is 4.85. The lowest BCUT2D eigenvalue weighted by atomic mass is 9.96. The van der Waals surface area contributed by atoms with Crippen LogP contribution in [0.15, 0.2) is 29.2 Å². The molecule has 25 heavy (non-hydrogen) atoms. The van der Waals surface area contributed by atoms with Gasteiger partial charge in [0.2, 0.25) is 15.9 Å². The first-order valence-corrected chi connectivity index (χ1v) is 10.1. The maximum Gasteiger partial charge on any atom is 0.243 e. The quantitative estimate of drug-likeness (QED) is 0.840. The second kappa shape index (κ2) is 7.72. The number of ether oxygens (including phenoxy) is 1. The summed E-state index contributed by atoms with van der Waals surface area (Å²) in [5.74, 6) is 0.725. The van der Waals surface area contributed by atoms with E-state index in [-0.39, 0.29) is 16.7 Å². The van der Waals surface area contributed by atoms with Crippen LogP contribution >= 0.6 is 0 Å². The van der Waals surface area contributed by atoms with Crippen LogP contribution in [-0.2, 0) is 14.8 Å². The highest BCUT2D eigenvalue weighted by Gasteiger charge is 2.34. The number of carbonyl (C=O) groups excluding carboxylic acids is 1. The van der Waals surface area contributed by atoms with Crippen molar-refractivity contribution < 1.29 is 17.9 Å². The molecule has 2 aliphatic heterocycles. The summed E-state index contributed by atoms with van der Waals surface area (Å²) in [5.41, 5.74) is 0. The number of methoxy groups -OCH3 is 1. The highest BCUT2D eigenvalue weighted by molar-refractivity contribution is 7.89. The molecule has 1 amide bonds. The molecular formula is C17H25N3O4S. The van der Waals surface area contributed by atoms with Crippen molar-refractivity contribution in [3.05, 3.63) is 24.3 Å². The molecule has 2 fully saturated rings. The summed E-state index contributed by atoms with van der Waals surface area (Å²) in [4.78, 5) is 14.7. The van der Waals surface area contributed by atoms with Gasteiger partial charge in [-0.05, 0) is 37.1 Å². The van der Waals surface area contributed by atoms with Crippen molar-refractivity contribution >= 4 is 15.9 Å². The highest BCUT2D eigenvalue weighted by atomic mass is 32.2. The van der Waals surface area contributed by atoms with Crippen molar-refractivity contribution in [1.29, 1.82) is 0 Å². The number of sulfonamides is 1. The Morgan fingerprint density at radius 3 is 2.24 bits per heavy atom. The Labute approximate surface area is 149 Å². The van der Waals surface area contributed by atoms with E-state index in [1.165, 1.54) is 4.31 Å². The molecule has 0 spiro atoms. The summed E-state index contributed by atoms with van der Waals surface area (Å²) in [7, 11) is -1.97. The zero-order valence-corrected chi connectivity index (χ0v) is 15.3. The maximum atomic E-state index is 12.7. The number of piperidine rings is 1. The van der Waals surface area contributed by atoms with Gasteiger partial charge in [-0.3, -0.25) is 4.79 Å². The van der Waals surface area contributed by atoms with Crippen molar-refractivity contribution in [2.24, 2.45) is 5.92 Å². The van der Waals surface area contributed by atoms with Gasteiger partial charge in [-0.15, -0.1) is 0 Å². The normalized spacial score (nSPS) is 20.4. The third-order valence-corrected chi connectivity index (χ3v) is 6.84. The summed E-state index contributed by atoms with van der Waals surface area (Å²) < 4.78 is 32.0. The third-order valence-electron chi connectivity index (χ3n) is 4.93. The molecule has 2 saturated heterocycles. The Morgan fingerprint density at radius 2 is 1.68 bits per heavy atom. The first-order chi connectivity index (χ1) is 12.0. The zero-order chi connectivity index (χ0) is 17.9. The van der Waals surface area contributed by atoms with Gasteiger partial charge in [-0.1, -0.05) is 0 Å². The largest absolute Gasteiger partial charge is 0.497 e. The number of benzene rings is 1. The monoisotopic (exact) mass is 367 g/mol. The van der Waals surface area contributed by atoms with Gasteiger partial charge < -0.3 is 15.0 Å². The number of hydrogen-bond acceptors (Lipinski definition) is 5.